The molecule has 1 heterocycles. The number of aliphatic hydroxyl groups is 1. The van der Waals surface area contributed by atoms with Gasteiger partial charge in [0.2, 0.25) is 5.91 Å². The van der Waals surface area contributed by atoms with Crippen molar-refractivity contribution in [2.24, 2.45) is 0 Å². The van der Waals surface area contributed by atoms with Gasteiger partial charge < -0.3 is 9.84 Å². The topological polar surface area (TPSA) is 90.9 Å². The largest absolute Gasteiger partial charge is 0.394 e. The monoisotopic (exact) mass is 259 g/mol. The Kier molecular flexibility index (Phi) is 6.63. The van der Waals surface area contributed by atoms with Crippen LogP contribution in [0.25, 0.3) is 0 Å². The SMILES string of the molecule is CC(=O)NNC(=O)CN1CCC(OCCO)CC1. The highest BCUT2D eigenvalue weighted by Gasteiger charge is 2.21. The van der Waals surface area contributed by atoms with Gasteiger partial charge in [0, 0.05) is 20.0 Å². The summed E-state index contributed by atoms with van der Waals surface area (Å²) >= 11 is 0. The summed E-state index contributed by atoms with van der Waals surface area (Å²) < 4.78 is 5.43. The molecule has 18 heavy (non-hydrogen) atoms. The number of aliphatic hydroxyl groups excluding tert-OH is 1. The Morgan fingerprint density at radius 2 is 2.00 bits per heavy atom. The summed E-state index contributed by atoms with van der Waals surface area (Å²) in [5, 5.41) is 8.65. The molecule has 104 valence electrons. The molecule has 0 radical (unpaired) electrons. The van der Waals surface area contributed by atoms with Crippen LogP contribution in [0.15, 0.2) is 0 Å². The van der Waals surface area contributed by atoms with E-state index >= 15 is 0 Å². The normalized spacial score (nSPS) is 17.4. The molecule has 0 aromatic carbocycles. The van der Waals surface area contributed by atoms with Gasteiger partial charge in [0.05, 0.1) is 25.9 Å². The number of carbonyl (C=O) groups excluding carboxylic acids is 2. The van der Waals surface area contributed by atoms with Crippen molar-refractivity contribution in [3.63, 3.8) is 0 Å². The number of hydrazine groups is 1. The van der Waals surface area contributed by atoms with Gasteiger partial charge in [-0.2, -0.15) is 0 Å². The molecule has 0 spiro atoms. The Balaban J connectivity index is 2.14. The minimum absolute atomic E-state index is 0.0410. The first-order chi connectivity index (χ1) is 8.61. The summed E-state index contributed by atoms with van der Waals surface area (Å²) in [4.78, 5) is 24.1. The Labute approximate surface area is 106 Å². The first-order valence-electron chi connectivity index (χ1n) is 6.12. The smallest absolute Gasteiger partial charge is 0.252 e. The van der Waals surface area contributed by atoms with Crippen LogP contribution < -0.4 is 10.9 Å². The molecule has 2 amide bonds. The van der Waals surface area contributed by atoms with Gasteiger partial charge in [-0.25, -0.2) is 0 Å². The highest BCUT2D eigenvalue weighted by molar-refractivity contribution is 5.81. The van der Waals surface area contributed by atoms with Gasteiger partial charge in [0.15, 0.2) is 0 Å². The average Bonchev–Trinajstić information content (AvgIpc) is 2.35. The third kappa shape index (κ3) is 5.95. The second kappa shape index (κ2) is 8.02. The van der Waals surface area contributed by atoms with E-state index in [4.69, 9.17) is 9.84 Å². The van der Waals surface area contributed by atoms with Crippen LogP contribution >= 0.6 is 0 Å². The maximum absolute atomic E-state index is 11.4. The van der Waals surface area contributed by atoms with Crippen LogP contribution in [0, 0.1) is 0 Å². The molecule has 0 aromatic heterocycles. The molecule has 0 bridgehead atoms. The van der Waals surface area contributed by atoms with Crippen molar-refractivity contribution in [1.82, 2.24) is 15.8 Å². The van der Waals surface area contributed by atoms with Crippen molar-refractivity contribution in [3.05, 3.63) is 0 Å². The fraction of sp³-hybridized carbons (Fsp3) is 0.818. The Bertz CT molecular complexity index is 277. The molecular weight excluding hydrogens is 238 g/mol. The van der Waals surface area contributed by atoms with Crippen molar-refractivity contribution < 1.29 is 19.4 Å². The second-order valence-corrected chi connectivity index (χ2v) is 4.30. The lowest BCUT2D eigenvalue weighted by molar-refractivity contribution is -0.129. The molecule has 3 N–H and O–H groups in total. The first-order valence-corrected chi connectivity index (χ1v) is 6.12. The molecule has 1 aliphatic rings. The Morgan fingerprint density at radius 1 is 1.33 bits per heavy atom. The van der Waals surface area contributed by atoms with E-state index in [0.717, 1.165) is 25.9 Å². The predicted molar refractivity (Wildman–Crippen MR) is 64.5 cm³/mol. The maximum Gasteiger partial charge on any atom is 0.252 e. The van der Waals surface area contributed by atoms with Gasteiger partial charge in [-0.1, -0.05) is 0 Å². The molecule has 0 aromatic rings. The van der Waals surface area contributed by atoms with E-state index in [1.165, 1.54) is 6.92 Å². The van der Waals surface area contributed by atoms with Gasteiger partial charge in [-0.05, 0) is 12.8 Å². The van der Waals surface area contributed by atoms with Gasteiger partial charge in [0.1, 0.15) is 0 Å². The first kappa shape index (κ1) is 14.9. The quantitative estimate of drug-likeness (QED) is 0.530. The zero-order chi connectivity index (χ0) is 13.4. The second-order valence-electron chi connectivity index (χ2n) is 4.30. The van der Waals surface area contributed by atoms with E-state index in [2.05, 4.69) is 10.9 Å². The Hall–Kier alpha value is -1.18. The molecule has 1 rings (SSSR count). The summed E-state index contributed by atoms with van der Waals surface area (Å²) in [5.74, 6) is -0.514. The van der Waals surface area contributed by atoms with E-state index in [9.17, 15) is 9.59 Å². The Morgan fingerprint density at radius 3 is 2.56 bits per heavy atom. The standard InChI is InChI=1S/C11H21N3O4/c1-9(16)12-13-11(17)8-14-4-2-10(3-5-14)18-7-6-15/h10,15H,2-8H2,1H3,(H,12,16)(H,13,17). The zero-order valence-electron chi connectivity index (χ0n) is 10.6. The highest BCUT2D eigenvalue weighted by Crippen LogP contribution is 2.12. The van der Waals surface area contributed by atoms with E-state index in [1.807, 2.05) is 4.90 Å². The summed E-state index contributed by atoms with van der Waals surface area (Å²) in [6.07, 6.45) is 1.88. The molecular formula is C11H21N3O4. The summed E-state index contributed by atoms with van der Waals surface area (Å²) in [7, 11) is 0. The summed E-state index contributed by atoms with van der Waals surface area (Å²) in [6, 6.07) is 0. The number of likely N-dealkylation sites (tertiary alicyclic amines) is 1. The van der Waals surface area contributed by atoms with E-state index in [-0.39, 0.29) is 31.1 Å². The molecule has 0 saturated carbocycles. The molecule has 0 atom stereocenters. The summed E-state index contributed by atoms with van der Waals surface area (Å²) in [6.45, 7) is 3.58. The van der Waals surface area contributed by atoms with Crippen LogP contribution in [-0.4, -0.2) is 60.8 Å². The van der Waals surface area contributed by atoms with Crippen LogP contribution in [0.4, 0.5) is 0 Å². The van der Waals surface area contributed by atoms with Crippen LogP contribution in [0.1, 0.15) is 19.8 Å². The molecule has 0 unspecified atom stereocenters. The predicted octanol–water partition coefficient (Wildman–Crippen LogP) is -1.37. The highest BCUT2D eigenvalue weighted by atomic mass is 16.5. The number of amides is 2. The van der Waals surface area contributed by atoms with Gasteiger partial charge in [0.25, 0.3) is 5.91 Å². The van der Waals surface area contributed by atoms with Crippen molar-refractivity contribution in [2.45, 2.75) is 25.9 Å². The molecule has 1 fully saturated rings. The van der Waals surface area contributed by atoms with Crippen LogP contribution in [0.5, 0.6) is 0 Å². The number of carbonyl (C=O) groups is 2. The lowest BCUT2D eigenvalue weighted by atomic mass is 10.1. The molecule has 1 aliphatic heterocycles. The van der Waals surface area contributed by atoms with Crippen LogP contribution in [0.3, 0.4) is 0 Å². The minimum Gasteiger partial charge on any atom is -0.394 e. The molecule has 7 heteroatoms. The summed E-state index contributed by atoms with van der Waals surface area (Å²) in [5.41, 5.74) is 4.58. The molecule has 1 saturated heterocycles. The number of hydrogen-bond donors (Lipinski definition) is 3. The minimum atomic E-state index is -0.292. The number of nitrogens with zero attached hydrogens (tertiary/aromatic N) is 1. The van der Waals surface area contributed by atoms with Crippen molar-refractivity contribution in [2.75, 3.05) is 32.8 Å². The zero-order valence-corrected chi connectivity index (χ0v) is 10.6. The fourth-order valence-corrected chi connectivity index (χ4v) is 1.85. The lowest BCUT2D eigenvalue weighted by Gasteiger charge is -2.31. The van der Waals surface area contributed by atoms with E-state index < -0.39 is 0 Å². The number of piperidine rings is 1. The number of hydrogen-bond acceptors (Lipinski definition) is 5. The van der Waals surface area contributed by atoms with E-state index in [1.54, 1.807) is 0 Å². The maximum atomic E-state index is 11.4. The van der Waals surface area contributed by atoms with E-state index in [0.29, 0.717) is 6.61 Å². The van der Waals surface area contributed by atoms with Crippen LogP contribution in [-0.2, 0) is 14.3 Å². The molecule has 0 aliphatic carbocycles. The van der Waals surface area contributed by atoms with Crippen molar-refractivity contribution in [1.29, 1.82) is 0 Å². The number of rotatable bonds is 5. The van der Waals surface area contributed by atoms with Gasteiger partial charge in [-0.3, -0.25) is 25.3 Å². The van der Waals surface area contributed by atoms with Gasteiger partial charge >= 0.3 is 0 Å². The fourth-order valence-electron chi connectivity index (χ4n) is 1.85. The van der Waals surface area contributed by atoms with Gasteiger partial charge in [-0.15, -0.1) is 0 Å². The number of nitrogens with one attached hydrogen (secondary N) is 2. The average molecular weight is 259 g/mol. The number of ether oxygens (including phenoxy) is 1. The van der Waals surface area contributed by atoms with Crippen molar-refractivity contribution >= 4 is 11.8 Å². The van der Waals surface area contributed by atoms with Crippen molar-refractivity contribution in [3.8, 4) is 0 Å². The third-order valence-electron chi connectivity index (χ3n) is 2.72. The van der Waals surface area contributed by atoms with Crippen LogP contribution in [0.2, 0.25) is 0 Å². The molecule has 7 nitrogen and oxygen atoms in total. The third-order valence-corrected chi connectivity index (χ3v) is 2.72. The lowest BCUT2D eigenvalue weighted by Crippen LogP contribution is -2.48.